The normalized spacial score (nSPS) is 16.8. The highest BCUT2D eigenvalue weighted by atomic mass is 19.1. The van der Waals surface area contributed by atoms with Crippen LogP contribution in [0.25, 0.3) is 22.3 Å². The van der Waals surface area contributed by atoms with E-state index in [-0.39, 0.29) is 111 Å². The highest BCUT2D eigenvalue weighted by Gasteiger charge is 2.46. The number of nitrogens with one attached hydrogen (secondary N) is 5. The zero-order chi connectivity index (χ0) is 55.4. The molecule has 4 aliphatic rings. The van der Waals surface area contributed by atoms with E-state index in [4.69, 9.17) is 19.2 Å². The number of carbonyl (C=O) groups excluding carboxylic acids is 9. The Morgan fingerprint density at radius 3 is 2.28 bits per heavy atom. The van der Waals surface area contributed by atoms with Crippen LogP contribution in [-0.2, 0) is 71.4 Å². The molecule has 0 bridgehead atoms. The number of hydrogen-bond acceptors (Lipinski definition) is 15. The maximum atomic E-state index is 15.7. The Morgan fingerprint density at radius 2 is 1.58 bits per heavy atom. The molecule has 0 saturated carbocycles. The molecule has 23 nitrogen and oxygen atoms in total. The van der Waals surface area contributed by atoms with Gasteiger partial charge < -0.3 is 50.5 Å². The van der Waals surface area contributed by atoms with E-state index in [2.05, 4.69) is 26.6 Å². The Balaban J connectivity index is 0.897. The number of aryl methyl sites for hydroxylation is 1. The van der Waals surface area contributed by atoms with Crippen LogP contribution < -0.4 is 41.8 Å². The van der Waals surface area contributed by atoms with Gasteiger partial charge in [-0.15, -0.1) is 0 Å². The SMILES string of the molecule is CC[C@@]1(O)C(=O)OCc2c1cc1n(c2=O)Cc2c-1nc1cc(F)c3c(c1c2C)N(C(=O)CNC(=O)CNC(=O)CCCNC(=O)[C@@H](CCC(=O)NC(C)(C)CCOC(C)(C)C)NC(=O)CCCN1C(=O)C=CC1=O)CO3. The summed E-state index contributed by atoms with van der Waals surface area (Å²) >= 11 is 0. The van der Waals surface area contributed by atoms with E-state index < -0.39 is 95.7 Å². The Kier molecular flexibility index (Phi) is 16.8. The van der Waals surface area contributed by atoms with Crippen molar-refractivity contribution >= 4 is 69.8 Å². The number of benzene rings is 1. The lowest BCUT2D eigenvalue weighted by Crippen LogP contribution is -2.49. The van der Waals surface area contributed by atoms with Gasteiger partial charge in [0.2, 0.25) is 35.4 Å². The fourth-order valence-corrected chi connectivity index (χ4v) is 9.34. The first-order valence-corrected chi connectivity index (χ1v) is 25.2. The van der Waals surface area contributed by atoms with Gasteiger partial charge in [-0.05, 0) is 85.3 Å². The molecule has 0 radical (unpaired) electrons. The van der Waals surface area contributed by atoms with Gasteiger partial charge in [-0.2, -0.15) is 0 Å². The molecule has 2 aromatic heterocycles. The molecular weight excluding hydrogens is 994 g/mol. The van der Waals surface area contributed by atoms with Crippen molar-refractivity contribution in [3.05, 3.63) is 62.7 Å². The van der Waals surface area contributed by atoms with Crippen LogP contribution in [0.4, 0.5) is 10.1 Å². The van der Waals surface area contributed by atoms with Gasteiger partial charge >= 0.3 is 5.97 Å². The summed E-state index contributed by atoms with van der Waals surface area (Å²) in [6.07, 6.45) is 2.56. The number of fused-ring (bicyclic) bond motifs is 7. The fourth-order valence-electron chi connectivity index (χ4n) is 9.34. The second-order valence-corrected chi connectivity index (χ2v) is 20.7. The van der Waals surface area contributed by atoms with Crippen LogP contribution in [0.2, 0.25) is 0 Å². The van der Waals surface area contributed by atoms with E-state index in [1.165, 1.54) is 10.6 Å². The number of rotatable bonds is 22. The summed E-state index contributed by atoms with van der Waals surface area (Å²) in [6.45, 7) is 11.4. The minimum Gasteiger partial charge on any atom is -0.467 e. The molecule has 4 aliphatic heterocycles. The van der Waals surface area contributed by atoms with Crippen molar-refractivity contribution in [2.45, 2.75) is 136 Å². The van der Waals surface area contributed by atoms with Crippen LogP contribution in [0, 0.1) is 12.7 Å². The third-order valence-corrected chi connectivity index (χ3v) is 13.5. The zero-order valence-electron chi connectivity index (χ0n) is 43.6. The number of aliphatic hydroxyl groups is 1. The molecule has 0 unspecified atom stereocenters. The van der Waals surface area contributed by atoms with Crippen molar-refractivity contribution in [2.24, 2.45) is 0 Å². The molecule has 0 spiro atoms. The maximum absolute atomic E-state index is 15.7. The second-order valence-electron chi connectivity index (χ2n) is 20.7. The minimum absolute atomic E-state index is 0.00125. The minimum atomic E-state index is -2.05. The Hall–Kier alpha value is -7.60. The van der Waals surface area contributed by atoms with E-state index >= 15 is 4.39 Å². The summed E-state index contributed by atoms with van der Waals surface area (Å²) in [4.78, 5) is 136. The topological polar surface area (TPSA) is 303 Å². The van der Waals surface area contributed by atoms with Gasteiger partial charge in [-0.3, -0.25) is 53.0 Å². The Bertz CT molecular complexity index is 2980. The molecule has 1 aromatic carbocycles. The highest BCUT2D eigenvalue weighted by molar-refractivity contribution is 6.13. The fraction of sp³-hybridized carbons (Fsp3) is 0.519. The molecule has 2 atom stereocenters. The Morgan fingerprint density at radius 1 is 0.882 bits per heavy atom. The largest absolute Gasteiger partial charge is 0.467 e. The number of esters is 1. The summed E-state index contributed by atoms with van der Waals surface area (Å²) < 4.78 is 33.7. The molecule has 7 rings (SSSR count). The first-order chi connectivity index (χ1) is 35.8. The van der Waals surface area contributed by atoms with Crippen molar-refractivity contribution in [1.29, 1.82) is 0 Å². The maximum Gasteiger partial charge on any atom is 0.343 e. The first-order valence-electron chi connectivity index (χ1n) is 25.2. The van der Waals surface area contributed by atoms with Gasteiger partial charge in [-0.25, -0.2) is 14.2 Å². The number of nitrogens with zero attached hydrogens (tertiary/aromatic N) is 4. The van der Waals surface area contributed by atoms with E-state index in [9.17, 15) is 53.1 Å². The molecular formula is C52H64FN9O14. The van der Waals surface area contributed by atoms with Gasteiger partial charge in [0, 0.05) is 79.2 Å². The average molecular weight is 1060 g/mol. The van der Waals surface area contributed by atoms with Crippen molar-refractivity contribution in [3.63, 3.8) is 0 Å². The summed E-state index contributed by atoms with van der Waals surface area (Å²) in [7, 11) is 0. The number of imide groups is 1. The third-order valence-electron chi connectivity index (χ3n) is 13.5. The number of amides is 8. The van der Waals surface area contributed by atoms with Crippen LogP contribution in [0.1, 0.15) is 115 Å². The molecule has 8 amide bonds. The van der Waals surface area contributed by atoms with E-state index in [1.54, 1.807) is 13.8 Å². The molecule has 76 heavy (non-hydrogen) atoms. The molecule has 6 N–H and O–H groups in total. The average Bonchev–Trinajstić information content (AvgIpc) is 4.10. The number of aromatic nitrogens is 2. The van der Waals surface area contributed by atoms with Gasteiger partial charge in [-0.1, -0.05) is 6.92 Å². The molecule has 0 saturated heterocycles. The van der Waals surface area contributed by atoms with Crippen molar-refractivity contribution in [2.75, 3.05) is 44.4 Å². The Labute approximate surface area is 436 Å². The van der Waals surface area contributed by atoms with Gasteiger partial charge in [0.05, 0.1) is 47.7 Å². The number of cyclic esters (lactones) is 1. The van der Waals surface area contributed by atoms with E-state index in [1.807, 2.05) is 34.6 Å². The van der Waals surface area contributed by atoms with Gasteiger partial charge in [0.15, 0.2) is 23.9 Å². The third kappa shape index (κ3) is 12.4. The standard InChI is InChI=1S/C52H64FN9O14/c1-8-52(73)31-21-35-44-29(25-61(35)48(71)30(31)26-74-49(52)72)28(2)43-34(58-44)22-32(53)46-45(43)62(27-75-46)42(69)24-56-39(66)23-55-36(63)11-9-18-54-47(70)33(57-37(64)12-10-19-60-40(67)15-16-41(60)68)13-14-38(65)59-51(6,7)17-20-76-50(3,4)5/h15-16,21-22,33,73H,8-14,17-20,23-27H2,1-7H3,(H,54,70)(H,55,63)(H,56,66)(H,57,64)(H,59,65)/t33-,52+/m1/s1. The summed E-state index contributed by atoms with van der Waals surface area (Å²) in [5.41, 5.74) is -1.26. The molecule has 0 fully saturated rings. The van der Waals surface area contributed by atoms with Crippen LogP contribution in [0.15, 0.2) is 29.1 Å². The number of pyridine rings is 2. The summed E-state index contributed by atoms with van der Waals surface area (Å²) in [5, 5.41) is 24.8. The molecule has 24 heteroatoms. The van der Waals surface area contributed by atoms with Crippen LogP contribution in [0.3, 0.4) is 0 Å². The highest BCUT2D eigenvalue weighted by Crippen LogP contribution is 2.47. The van der Waals surface area contributed by atoms with Gasteiger partial charge in [0.25, 0.3) is 17.4 Å². The van der Waals surface area contributed by atoms with Crippen molar-refractivity contribution in [3.8, 4) is 17.1 Å². The number of carbonyl (C=O) groups is 9. The number of hydrogen-bond donors (Lipinski definition) is 6. The van der Waals surface area contributed by atoms with Crippen LogP contribution >= 0.6 is 0 Å². The summed E-state index contributed by atoms with van der Waals surface area (Å²) in [5.74, 6) is -6.34. The molecule has 0 aliphatic carbocycles. The van der Waals surface area contributed by atoms with Crippen LogP contribution in [-0.4, -0.2) is 129 Å². The van der Waals surface area contributed by atoms with Crippen molar-refractivity contribution in [1.82, 2.24) is 41.0 Å². The molecule has 6 heterocycles. The monoisotopic (exact) mass is 1060 g/mol. The second kappa shape index (κ2) is 22.7. The predicted octanol–water partition coefficient (Wildman–Crippen LogP) is 1.41. The number of ether oxygens (including phenoxy) is 3. The number of anilines is 1. The van der Waals surface area contributed by atoms with E-state index in [0.29, 0.717) is 40.9 Å². The predicted molar refractivity (Wildman–Crippen MR) is 269 cm³/mol. The smallest absolute Gasteiger partial charge is 0.343 e. The lowest BCUT2D eigenvalue weighted by atomic mass is 9.86. The number of halogens is 1. The van der Waals surface area contributed by atoms with E-state index in [0.717, 1.165) is 28.0 Å². The molecule has 3 aromatic rings. The van der Waals surface area contributed by atoms with Crippen LogP contribution in [0.5, 0.6) is 5.75 Å². The lowest BCUT2D eigenvalue weighted by molar-refractivity contribution is -0.172. The lowest BCUT2D eigenvalue weighted by Gasteiger charge is -2.31. The van der Waals surface area contributed by atoms with Crippen molar-refractivity contribution < 1.29 is 66.9 Å². The zero-order valence-corrected chi connectivity index (χ0v) is 43.6. The summed E-state index contributed by atoms with van der Waals surface area (Å²) in [6, 6.07) is 1.54. The molecule has 408 valence electrons. The quantitative estimate of drug-likeness (QED) is 0.0369. The van der Waals surface area contributed by atoms with Gasteiger partial charge in [0.1, 0.15) is 18.3 Å². The first kappa shape index (κ1) is 56.1.